The number of aryl methyl sites for hydroxylation is 1. The number of unbranched alkanes of at least 4 members (excludes halogenated alkanes) is 4. The first-order valence-corrected chi connectivity index (χ1v) is 9.88. The lowest BCUT2D eigenvalue weighted by molar-refractivity contribution is -0.185. The van der Waals surface area contributed by atoms with Gasteiger partial charge in [-0.3, -0.25) is 4.79 Å². The summed E-state index contributed by atoms with van der Waals surface area (Å²) in [5.74, 6) is -3.33. The number of rotatable bonds is 8. The number of carbonyl (C=O) groups excluding carboxylic acids is 1. The predicted molar refractivity (Wildman–Crippen MR) is 96.0 cm³/mol. The van der Waals surface area contributed by atoms with Crippen LogP contribution in [0.3, 0.4) is 0 Å². The number of carbonyl (C=O) groups is 1. The molecule has 0 amide bonds. The SMILES string of the molecule is CCCCCCCc1ccc(OC(=O)C2CCC(C(F)(F)F)CC2)c(F)c1. The van der Waals surface area contributed by atoms with Crippen molar-refractivity contribution in [1.29, 1.82) is 0 Å². The zero-order valence-electron chi connectivity index (χ0n) is 15.8. The van der Waals surface area contributed by atoms with Gasteiger partial charge in [0.2, 0.25) is 0 Å². The van der Waals surface area contributed by atoms with E-state index in [1.165, 1.54) is 31.4 Å². The van der Waals surface area contributed by atoms with Gasteiger partial charge in [-0.15, -0.1) is 0 Å². The molecule has 0 atom stereocenters. The second kappa shape index (κ2) is 10.1. The summed E-state index contributed by atoms with van der Waals surface area (Å²) in [7, 11) is 0. The van der Waals surface area contributed by atoms with E-state index < -0.39 is 29.8 Å². The van der Waals surface area contributed by atoms with Crippen molar-refractivity contribution in [3.8, 4) is 5.75 Å². The number of ether oxygens (including phenoxy) is 1. The van der Waals surface area contributed by atoms with Gasteiger partial charge < -0.3 is 4.74 Å². The third kappa shape index (κ3) is 6.82. The first-order chi connectivity index (χ1) is 12.8. The van der Waals surface area contributed by atoms with Gasteiger partial charge in [0.1, 0.15) is 0 Å². The summed E-state index contributed by atoms with van der Waals surface area (Å²) in [6.07, 6.45) is 2.29. The molecule has 0 unspecified atom stereocenters. The topological polar surface area (TPSA) is 26.3 Å². The van der Waals surface area contributed by atoms with Crippen molar-refractivity contribution >= 4 is 5.97 Å². The predicted octanol–water partition coefficient (Wildman–Crippen LogP) is 6.61. The van der Waals surface area contributed by atoms with Crippen molar-refractivity contribution in [1.82, 2.24) is 0 Å². The van der Waals surface area contributed by atoms with Gasteiger partial charge in [0.15, 0.2) is 11.6 Å². The average Bonchev–Trinajstić information content (AvgIpc) is 2.63. The molecule has 0 aromatic heterocycles. The van der Waals surface area contributed by atoms with E-state index in [0.29, 0.717) is 0 Å². The summed E-state index contributed by atoms with van der Waals surface area (Å²) >= 11 is 0. The second-order valence-corrected chi connectivity index (χ2v) is 7.44. The van der Waals surface area contributed by atoms with E-state index in [1.807, 2.05) is 0 Å². The van der Waals surface area contributed by atoms with Gasteiger partial charge in [0.25, 0.3) is 0 Å². The Labute approximate surface area is 158 Å². The normalized spacial score (nSPS) is 20.5. The van der Waals surface area contributed by atoms with Crippen LogP contribution in [0.15, 0.2) is 18.2 Å². The molecule has 0 spiro atoms. The molecule has 1 fully saturated rings. The number of benzene rings is 1. The Hall–Kier alpha value is -1.59. The maximum Gasteiger partial charge on any atom is 0.391 e. The van der Waals surface area contributed by atoms with Crippen molar-refractivity contribution in [2.75, 3.05) is 0 Å². The van der Waals surface area contributed by atoms with Crippen molar-refractivity contribution in [3.05, 3.63) is 29.6 Å². The summed E-state index contributed by atoms with van der Waals surface area (Å²) in [5.41, 5.74) is 0.856. The summed E-state index contributed by atoms with van der Waals surface area (Å²) in [6.45, 7) is 2.15. The third-order valence-corrected chi connectivity index (χ3v) is 5.30. The van der Waals surface area contributed by atoms with Gasteiger partial charge in [0, 0.05) is 0 Å². The Balaban J connectivity index is 1.82. The number of hydrogen-bond acceptors (Lipinski definition) is 2. The smallest absolute Gasteiger partial charge is 0.391 e. The summed E-state index contributed by atoms with van der Waals surface area (Å²) in [4.78, 5) is 12.2. The summed E-state index contributed by atoms with van der Waals surface area (Å²) in [6, 6.07) is 4.56. The lowest BCUT2D eigenvalue weighted by Gasteiger charge is -2.28. The first kappa shape index (κ1) is 21.7. The van der Waals surface area contributed by atoms with Crippen LogP contribution in [0.5, 0.6) is 5.75 Å². The molecule has 27 heavy (non-hydrogen) atoms. The minimum absolute atomic E-state index is 0.0806. The first-order valence-electron chi connectivity index (χ1n) is 9.88. The van der Waals surface area contributed by atoms with Gasteiger partial charge in [0.05, 0.1) is 11.8 Å². The van der Waals surface area contributed by atoms with Crippen molar-refractivity contribution < 1.29 is 27.1 Å². The van der Waals surface area contributed by atoms with Crippen molar-refractivity contribution in [2.24, 2.45) is 11.8 Å². The van der Waals surface area contributed by atoms with Gasteiger partial charge in [-0.25, -0.2) is 4.39 Å². The summed E-state index contributed by atoms with van der Waals surface area (Å²) < 4.78 is 57.4. The average molecular weight is 388 g/mol. The maximum atomic E-state index is 14.2. The van der Waals surface area contributed by atoms with Crippen LogP contribution in [0, 0.1) is 17.7 Å². The molecule has 0 saturated heterocycles. The van der Waals surface area contributed by atoms with Gasteiger partial charge in [-0.1, -0.05) is 38.7 Å². The monoisotopic (exact) mass is 388 g/mol. The van der Waals surface area contributed by atoms with E-state index in [9.17, 15) is 22.4 Å². The molecule has 0 aliphatic heterocycles. The van der Waals surface area contributed by atoms with E-state index in [1.54, 1.807) is 6.07 Å². The molecule has 6 heteroatoms. The lowest BCUT2D eigenvalue weighted by atomic mass is 9.82. The molecule has 2 nitrogen and oxygen atoms in total. The Kier molecular flexibility index (Phi) is 8.11. The molecule has 0 N–H and O–H groups in total. The highest BCUT2D eigenvalue weighted by atomic mass is 19.4. The number of esters is 1. The molecule has 152 valence electrons. The van der Waals surface area contributed by atoms with Gasteiger partial charge in [-0.2, -0.15) is 13.2 Å². The van der Waals surface area contributed by atoms with Gasteiger partial charge >= 0.3 is 12.1 Å². The van der Waals surface area contributed by atoms with Crippen LogP contribution >= 0.6 is 0 Å². The Morgan fingerprint density at radius 3 is 2.33 bits per heavy atom. The van der Waals surface area contributed by atoms with Crippen LogP contribution in [-0.2, 0) is 11.2 Å². The fraction of sp³-hybridized carbons (Fsp3) is 0.667. The molecule has 1 saturated carbocycles. The number of hydrogen-bond donors (Lipinski definition) is 0. The minimum atomic E-state index is -4.21. The van der Waals surface area contributed by atoms with E-state index in [-0.39, 0.29) is 31.4 Å². The molecule has 0 heterocycles. The molecule has 1 aliphatic carbocycles. The lowest BCUT2D eigenvalue weighted by Crippen LogP contribution is -2.32. The van der Waals surface area contributed by atoms with E-state index in [2.05, 4.69) is 6.92 Å². The molecular weight excluding hydrogens is 360 g/mol. The highest BCUT2D eigenvalue weighted by Gasteiger charge is 2.42. The number of halogens is 4. The van der Waals surface area contributed by atoms with Crippen LogP contribution in [0.1, 0.15) is 70.3 Å². The zero-order chi connectivity index (χ0) is 19.9. The van der Waals surface area contributed by atoms with Crippen LogP contribution in [0.2, 0.25) is 0 Å². The molecule has 1 aromatic carbocycles. The Morgan fingerprint density at radius 2 is 1.74 bits per heavy atom. The Morgan fingerprint density at radius 1 is 1.07 bits per heavy atom. The second-order valence-electron chi connectivity index (χ2n) is 7.44. The van der Waals surface area contributed by atoms with Gasteiger partial charge in [-0.05, 0) is 56.2 Å². The highest BCUT2D eigenvalue weighted by molar-refractivity contribution is 5.75. The molecule has 1 aliphatic rings. The molecule has 1 aromatic rings. The maximum absolute atomic E-state index is 14.2. The van der Waals surface area contributed by atoms with Crippen molar-refractivity contribution in [3.63, 3.8) is 0 Å². The van der Waals surface area contributed by atoms with Crippen LogP contribution in [-0.4, -0.2) is 12.1 Å². The number of alkyl halides is 3. The van der Waals surface area contributed by atoms with Crippen LogP contribution in [0.25, 0.3) is 0 Å². The highest BCUT2D eigenvalue weighted by Crippen LogP contribution is 2.40. The van der Waals surface area contributed by atoms with Crippen molar-refractivity contribution in [2.45, 2.75) is 77.3 Å². The Bertz CT molecular complexity index is 605. The molecule has 0 bridgehead atoms. The molecular formula is C21H28F4O2. The molecule has 0 radical (unpaired) electrons. The van der Waals surface area contributed by atoms with E-state index in [0.717, 1.165) is 24.8 Å². The summed E-state index contributed by atoms with van der Waals surface area (Å²) in [5, 5.41) is 0. The third-order valence-electron chi connectivity index (χ3n) is 5.30. The quantitative estimate of drug-likeness (QED) is 0.217. The zero-order valence-corrected chi connectivity index (χ0v) is 15.8. The fourth-order valence-corrected chi connectivity index (χ4v) is 3.56. The fourth-order valence-electron chi connectivity index (χ4n) is 3.56. The minimum Gasteiger partial charge on any atom is -0.423 e. The van der Waals surface area contributed by atoms with E-state index in [4.69, 9.17) is 4.74 Å². The van der Waals surface area contributed by atoms with E-state index >= 15 is 0 Å². The van der Waals surface area contributed by atoms with Crippen LogP contribution < -0.4 is 4.74 Å². The van der Waals surface area contributed by atoms with Crippen LogP contribution in [0.4, 0.5) is 17.6 Å². The molecule has 2 rings (SSSR count). The largest absolute Gasteiger partial charge is 0.423 e. The standard InChI is InChI=1S/C21H28F4O2/c1-2-3-4-5-6-7-15-8-13-19(18(22)14-15)27-20(26)16-9-11-17(12-10-16)21(23,24)25/h8,13-14,16-17H,2-7,9-12H2,1H3.